The lowest BCUT2D eigenvalue weighted by Crippen LogP contribution is -2.19. The number of carbonyl (C=O) groups is 1. The number of nitrogens with one attached hydrogen (secondary N) is 1. The summed E-state index contributed by atoms with van der Waals surface area (Å²) >= 11 is 0. The number of aromatic nitrogens is 3. The first kappa shape index (κ1) is 23.5. The van der Waals surface area contributed by atoms with E-state index < -0.39 is 0 Å². The fourth-order valence-electron chi connectivity index (χ4n) is 4.35. The lowest BCUT2D eigenvalue weighted by Gasteiger charge is -2.18. The standard InChI is InChI=1S/C29H29N5O2/c1-3-27-30-15-13-25(33-27)24-10-7-14-31-29(24)36-26-12-11-22(18-20(26)2)32-28(35)21-8-6-9-23(19-21)34-16-4-5-17-34/h6-15,18-19H,3-5,16-17H2,1-2H3,(H,32,35). The second-order valence-corrected chi connectivity index (χ2v) is 8.85. The third-order valence-corrected chi connectivity index (χ3v) is 6.29. The summed E-state index contributed by atoms with van der Waals surface area (Å²) in [6, 6.07) is 19.1. The molecule has 0 spiro atoms. The smallest absolute Gasteiger partial charge is 0.255 e. The highest BCUT2D eigenvalue weighted by molar-refractivity contribution is 6.04. The number of hydrogen-bond donors (Lipinski definition) is 1. The minimum Gasteiger partial charge on any atom is -0.438 e. The maximum absolute atomic E-state index is 12.9. The van der Waals surface area contributed by atoms with E-state index in [1.807, 2.05) is 68.4 Å². The van der Waals surface area contributed by atoms with E-state index in [0.717, 1.165) is 47.8 Å². The number of aryl methyl sites for hydroxylation is 2. The zero-order valence-electron chi connectivity index (χ0n) is 20.6. The highest BCUT2D eigenvalue weighted by Crippen LogP contribution is 2.33. The van der Waals surface area contributed by atoms with Gasteiger partial charge in [0.2, 0.25) is 5.88 Å². The largest absolute Gasteiger partial charge is 0.438 e. The van der Waals surface area contributed by atoms with Gasteiger partial charge in [-0.3, -0.25) is 4.79 Å². The Morgan fingerprint density at radius 2 is 1.86 bits per heavy atom. The summed E-state index contributed by atoms with van der Waals surface area (Å²) in [6.07, 6.45) is 6.59. The molecule has 182 valence electrons. The van der Waals surface area contributed by atoms with Crippen LogP contribution in [0, 0.1) is 6.92 Å². The average Bonchev–Trinajstić information content (AvgIpc) is 3.46. The van der Waals surface area contributed by atoms with E-state index in [-0.39, 0.29) is 5.91 Å². The Kier molecular flexibility index (Phi) is 6.89. The van der Waals surface area contributed by atoms with Gasteiger partial charge in [0.1, 0.15) is 11.6 Å². The molecule has 0 saturated carbocycles. The Balaban J connectivity index is 1.32. The molecule has 3 heterocycles. The van der Waals surface area contributed by atoms with Crippen LogP contribution in [0.5, 0.6) is 11.6 Å². The highest BCUT2D eigenvalue weighted by Gasteiger charge is 2.16. The Bertz CT molecular complexity index is 1380. The van der Waals surface area contributed by atoms with E-state index in [9.17, 15) is 4.79 Å². The molecule has 1 fully saturated rings. The fourth-order valence-corrected chi connectivity index (χ4v) is 4.35. The monoisotopic (exact) mass is 479 g/mol. The molecular formula is C29H29N5O2. The Morgan fingerprint density at radius 3 is 2.67 bits per heavy atom. The summed E-state index contributed by atoms with van der Waals surface area (Å²) < 4.78 is 6.20. The van der Waals surface area contributed by atoms with E-state index >= 15 is 0 Å². The molecule has 7 heteroatoms. The number of ether oxygens (including phenoxy) is 1. The van der Waals surface area contributed by atoms with Gasteiger partial charge in [0.25, 0.3) is 5.91 Å². The SMILES string of the molecule is CCc1nccc(-c2cccnc2Oc2ccc(NC(=O)c3cccc(N4CCCC4)c3)cc2C)n1. The van der Waals surface area contributed by atoms with Crippen LogP contribution < -0.4 is 15.0 Å². The van der Waals surface area contributed by atoms with Crippen molar-refractivity contribution in [3.05, 3.63) is 90.0 Å². The third kappa shape index (κ3) is 5.20. The summed E-state index contributed by atoms with van der Waals surface area (Å²) in [5, 5.41) is 3.01. The molecule has 2 aromatic heterocycles. The van der Waals surface area contributed by atoms with Gasteiger partial charge in [0, 0.05) is 48.8 Å². The zero-order valence-corrected chi connectivity index (χ0v) is 20.6. The minimum atomic E-state index is -0.133. The first-order valence-corrected chi connectivity index (χ1v) is 12.3. The van der Waals surface area contributed by atoms with Gasteiger partial charge in [-0.05, 0) is 79.9 Å². The molecule has 5 rings (SSSR count). The molecule has 0 atom stereocenters. The second kappa shape index (κ2) is 10.6. The summed E-state index contributed by atoms with van der Waals surface area (Å²) in [5.41, 5.74) is 4.90. The molecule has 36 heavy (non-hydrogen) atoms. The van der Waals surface area contributed by atoms with Crippen molar-refractivity contribution in [3.63, 3.8) is 0 Å². The van der Waals surface area contributed by atoms with Gasteiger partial charge in [0.05, 0.1) is 11.3 Å². The van der Waals surface area contributed by atoms with E-state index in [4.69, 9.17) is 4.74 Å². The van der Waals surface area contributed by atoms with E-state index in [2.05, 4.69) is 31.2 Å². The molecule has 4 aromatic rings. The Morgan fingerprint density at radius 1 is 1.00 bits per heavy atom. The number of pyridine rings is 1. The number of amides is 1. The molecule has 0 bridgehead atoms. The highest BCUT2D eigenvalue weighted by atomic mass is 16.5. The molecule has 0 aliphatic carbocycles. The second-order valence-electron chi connectivity index (χ2n) is 8.85. The van der Waals surface area contributed by atoms with Crippen LogP contribution in [0.4, 0.5) is 11.4 Å². The van der Waals surface area contributed by atoms with Gasteiger partial charge in [0.15, 0.2) is 0 Å². The number of rotatable bonds is 7. The Hall–Kier alpha value is -4.26. The maximum atomic E-state index is 12.9. The average molecular weight is 480 g/mol. The number of anilines is 2. The molecule has 0 unspecified atom stereocenters. The lowest BCUT2D eigenvalue weighted by molar-refractivity contribution is 0.102. The molecule has 1 aliphatic heterocycles. The van der Waals surface area contributed by atoms with Crippen LogP contribution in [0.2, 0.25) is 0 Å². The normalized spacial score (nSPS) is 13.0. The minimum absolute atomic E-state index is 0.133. The van der Waals surface area contributed by atoms with Gasteiger partial charge in [-0.25, -0.2) is 15.0 Å². The summed E-state index contributed by atoms with van der Waals surface area (Å²) in [7, 11) is 0. The number of nitrogens with zero attached hydrogens (tertiary/aromatic N) is 4. The summed E-state index contributed by atoms with van der Waals surface area (Å²) in [6.45, 7) is 6.05. The lowest BCUT2D eigenvalue weighted by atomic mass is 10.1. The van der Waals surface area contributed by atoms with Gasteiger partial charge in [-0.1, -0.05) is 13.0 Å². The molecule has 1 aliphatic rings. The van der Waals surface area contributed by atoms with Crippen LogP contribution in [0.25, 0.3) is 11.3 Å². The molecule has 1 saturated heterocycles. The molecule has 7 nitrogen and oxygen atoms in total. The van der Waals surface area contributed by atoms with E-state index in [0.29, 0.717) is 22.9 Å². The molecule has 1 N–H and O–H groups in total. The van der Waals surface area contributed by atoms with Crippen molar-refractivity contribution in [2.24, 2.45) is 0 Å². The van der Waals surface area contributed by atoms with Gasteiger partial charge in [-0.2, -0.15) is 0 Å². The number of benzene rings is 2. The molecule has 1 amide bonds. The fraction of sp³-hybridized carbons (Fsp3) is 0.241. The Labute approximate surface area is 211 Å². The molecule has 0 radical (unpaired) electrons. The van der Waals surface area contributed by atoms with Crippen LogP contribution in [-0.4, -0.2) is 33.9 Å². The summed E-state index contributed by atoms with van der Waals surface area (Å²) in [5.74, 6) is 1.77. The van der Waals surface area contributed by atoms with E-state index in [1.165, 1.54) is 12.8 Å². The maximum Gasteiger partial charge on any atom is 0.255 e. The zero-order chi connectivity index (χ0) is 24.9. The topological polar surface area (TPSA) is 80.2 Å². The van der Waals surface area contributed by atoms with Crippen molar-refractivity contribution in [1.29, 1.82) is 0 Å². The van der Waals surface area contributed by atoms with Crippen molar-refractivity contribution in [2.45, 2.75) is 33.1 Å². The van der Waals surface area contributed by atoms with Crippen LogP contribution in [0.15, 0.2) is 73.1 Å². The number of carbonyl (C=O) groups excluding carboxylic acids is 1. The van der Waals surface area contributed by atoms with Crippen molar-refractivity contribution in [2.75, 3.05) is 23.3 Å². The van der Waals surface area contributed by atoms with Gasteiger partial charge < -0.3 is 15.0 Å². The summed E-state index contributed by atoms with van der Waals surface area (Å²) in [4.78, 5) is 28.6. The van der Waals surface area contributed by atoms with Crippen molar-refractivity contribution in [3.8, 4) is 22.9 Å². The van der Waals surface area contributed by atoms with Crippen LogP contribution in [-0.2, 0) is 6.42 Å². The molecule has 2 aromatic carbocycles. The van der Waals surface area contributed by atoms with Gasteiger partial charge >= 0.3 is 0 Å². The first-order valence-electron chi connectivity index (χ1n) is 12.3. The predicted octanol–water partition coefficient (Wildman–Crippen LogP) is 6.05. The quantitative estimate of drug-likeness (QED) is 0.347. The van der Waals surface area contributed by atoms with Crippen molar-refractivity contribution >= 4 is 17.3 Å². The van der Waals surface area contributed by atoms with Crippen molar-refractivity contribution in [1.82, 2.24) is 15.0 Å². The van der Waals surface area contributed by atoms with Gasteiger partial charge in [-0.15, -0.1) is 0 Å². The first-order chi connectivity index (χ1) is 17.6. The van der Waals surface area contributed by atoms with E-state index in [1.54, 1.807) is 12.4 Å². The molecular weight excluding hydrogens is 450 g/mol. The number of hydrogen-bond acceptors (Lipinski definition) is 6. The van der Waals surface area contributed by atoms with Crippen LogP contribution in [0.1, 0.15) is 41.5 Å². The van der Waals surface area contributed by atoms with Crippen LogP contribution >= 0.6 is 0 Å². The van der Waals surface area contributed by atoms with Crippen LogP contribution in [0.3, 0.4) is 0 Å². The predicted molar refractivity (Wildman–Crippen MR) is 142 cm³/mol. The van der Waals surface area contributed by atoms with Crippen molar-refractivity contribution < 1.29 is 9.53 Å². The third-order valence-electron chi connectivity index (χ3n) is 6.29.